The first-order chi connectivity index (χ1) is 3.35. The average molecular weight is 100 g/mol. The van der Waals surface area contributed by atoms with E-state index in [9.17, 15) is 4.79 Å². The molecule has 41 valence electrons. The highest BCUT2D eigenvalue weighted by Gasteiger charge is 1.87. The highest BCUT2D eigenvalue weighted by molar-refractivity contribution is 5.46. The Morgan fingerprint density at radius 3 is 2.43 bits per heavy atom. The average Bonchev–Trinajstić information content (AvgIpc) is 1.72. The van der Waals surface area contributed by atoms with Crippen LogP contribution in [0.25, 0.3) is 0 Å². The Hall–Kier alpha value is -0.530. The molecule has 0 aliphatic heterocycles. The van der Waals surface area contributed by atoms with Crippen molar-refractivity contribution >= 4 is 6.41 Å². The fraction of sp³-hybridized carbons (Fsp3) is 0.600. The van der Waals surface area contributed by atoms with Gasteiger partial charge in [0, 0.05) is 13.1 Å². The molecule has 0 fully saturated rings. The van der Waals surface area contributed by atoms with Gasteiger partial charge in [0.2, 0.25) is 6.41 Å². The van der Waals surface area contributed by atoms with Crippen molar-refractivity contribution < 1.29 is 4.79 Å². The van der Waals surface area contributed by atoms with Crippen molar-refractivity contribution in [3.63, 3.8) is 0 Å². The van der Waals surface area contributed by atoms with Gasteiger partial charge in [-0.25, -0.2) is 0 Å². The maximum Gasteiger partial charge on any atom is 0.209 e. The molecule has 1 amide bonds. The normalized spacial score (nSPS) is 8.29. The van der Waals surface area contributed by atoms with Crippen LogP contribution in [0.1, 0.15) is 6.92 Å². The third kappa shape index (κ3) is 2.20. The van der Waals surface area contributed by atoms with E-state index in [1.54, 1.807) is 4.90 Å². The predicted molar refractivity (Wildman–Crippen MR) is 28.7 cm³/mol. The molecular weight excluding hydrogens is 90.1 g/mol. The van der Waals surface area contributed by atoms with Crippen LogP contribution in [-0.4, -0.2) is 24.4 Å². The molecule has 0 heterocycles. The molecule has 0 saturated carbocycles. The first-order valence-electron chi connectivity index (χ1n) is 2.33. The van der Waals surface area contributed by atoms with Crippen molar-refractivity contribution in [1.82, 2.24) is 4.90 Å². The summed E-state index contributed by atoms with van der Waals surface area (Å²) in [6, 6.07) is 0. The van der Waals surface area contributed by atoms with E-state index in [1.807, 2.05) is 6.92 Å². The largest absolute Gasteiger partial charge is 0.346 e. The Bertz CT molecular complexity index is 50.0. The maximum atomic E-state index is 9.85. The Morgan fingerprint density at radius 2 is 2.43 bits per heavy atom. The minimum atomic E-state index is 0.569. The van der Waals surface area contributed by atoms with Crippen molar-refractivity contribution in [3.05, 3.63) is 6.92 Å². The molecule has 2 heteroatoms. The van der Waals surface area contributed by atoms with Crippen LogP contribution in [0.15, 0.2) is 0 Å². The van der Waals surface area contributed by atoms with Gasteiger partial charge >= 0.3 is 0 Å². The van der Waals surface area contributed by atoms with E-state index in [4.69, 9.17) is 0 Å². The van der Waals surface area contributed by atoms with Crippen LogP contribution in [0.4, 0.5) is 0 Å². The van der Waals surface area contributed by atoms with Crippen molar-refractivity contribution in [2.24, 2.45) is 0 Å². The standard InChI is InChI=1S/C5H10NO/c1-3-6(4-2)5-7/h5H,1,3-4H2,2H3. The number of hydrogen-bond donors (Lipinski definition) is 0. The lowest BCUT2D eigenvalue weighted by molar-refractivity contribution is -0.117. The summed E-state index contributed by atoms with van der Waals surface area (Å²) < 4.78 is 0. The number of hydrogen-bond acceptors (Lipinski definition) is 1. The van der Waals surface area contributed by atoms with E-state index in [-0.39, 0.29) is 0 Å². The van der Waals surface area contributed by atoms with E-state index in [0.717, 1.165) is 13.0 Å². The second-order valence-electron chi connectivity index (χ2n) is 1.23. The van der Waals surface area contributed by atoms with E-state index in [1.165, 1.54) is 0 Å². The number of rotatable bonds is 3. The number of nitrogens with zero attached hydrogens (tertiary/aromatic N) is 1. The summed E-state index contributed by atoms with van der Waals surface area (Å²) in [6.07, 6.45) is 0.799. The minimum Gasteiger partial charge on any atom is -0.346 e. The molecular formula is C5H10NO. The Morgan fingerprint density at radius 1 is 1.86 bits per heavy atom. The number of amides is 1. The van der Waals surface area contributed by atoms with Crippen LogP contribution in [0, 0.1) is 6.92 Å². The van der Waals surface area contributed by atoms with Gasteiger partial charge < -0.3 is 4.90 Å². The molecule has 0 spiro atoms. The van der Waals surface area contributed by atoms with Gasteiger partial charge in [0.05, 0.1) is 0 Å². The van der Waals surface area contributed by atoms with E-state index in [0.29, 0.717) is 6.54 Å². The summed E-state index contributed by atoms with van der Waals surface area (Å²) in [7, 11) is 0. The summed E-state index contributed by atoms with van der Waals surface area (Å²) in [5.41, 5.74) is 0. The molecule has 0 aromatic rings. The van der Waals surface area contributed by atoms with Gasteiger partial charge in [-0.05, 0) is 13.8 Å². The van der Waals surface area contributed by atoms with Crippen LogP contribution >= 0.6 is 0 Å². The molecule has 0 saturated heterocycles. The molecule has 0 aliphatic rings. The van der Waals surface area contributed by atoms with Gasteiger partial charge in [-0.2, -0.15) is 0 Å². The van der Waals surface area contributed by atoms with Crippen molar-refractivity contribution in [2.45, 2.75) is 6.92 Å². The summed E-state index contributed by atoms with van der Waals surface area (Å²) in [5.74, 6) is 0. The van der Waals surface area contributed by atoms with Crippen LogP contribution in [0.2, 0.25) is 0 Å². The summed E-state index contributed by atoms with van der Waals surface area (Å²) >= 11 is 0. The van der Waals surface area contributed by atoms with Crippen LogP contribution in [0.5, 0.6) is 0 Å². The molecule has 0 aromatic heterocycles. The molecule has 7 heavy (non-hydrogen) atoms. The third-order valence-corrected chi connectivity index (χ3v) is 0.842. The summed E-state index contributed by atoms with van der Waals surface area (Å²) in [6.45, 7) is 6.76. The first kappa shape index (κ1) is 6.47. The van der Waals surface area contributed by atoms with E-state index in [2.05, 4.69) is 6.92 Å². The quantitative estimate of drug-likeness (QED) is 0.467. The zero-order valence-electron chi connectivity index (χ0n) is 4.55. The second-order valence-corrected chi connectivity index (χ2v) is 1.23. The van der Waals surface area contributed by atoms with Gasteiger partial charge in [0.25, 0.3) is 0 Å². The maximum absolute atomic E-state index is 9.85. The monoisotopic (exact) mass is 100 g/mol. The van der Waals surface area contributed by atoms with Gasteiger partial charge in [-0.15, -0.1) is 0 Å². The number of carbonyl (C=O) groups is 1. The third-order valence-electron chi connectivity index (χ3n) is 0.842. The molecule has 0 bridgehead atoms. The Kier molecular flexibility index (Phi) is 3.38. The lowest BCUT2D eigenvalue weighted by Crippen LogP contribution is -2.20. The summed E-state index contributed by atoms with van der Waals surface area (Å²) in [5, 5.41) is 0. The highest BCUT2D eigenvalue weighted by atomic mass is 16.1. The fourth-order valence-corrected chi connectivity index (χ4v) is 0.285. The molecule has 0 N–H and O–H groups in total. The SMILES string of the molecule is [CH2]CN(C=O)CC. The fourth-order valence-electron chi connectivity index (χ4n) is 0.285. The van der Waals surface area contributed by atoms with Crippen molar-refractivity contribution in [1.29, 1.82) is 0 Å². The Balaban J connectivity index is 3.16. The van der Waals surface area contributed by atoms with Gasteiger partial charge in [-0.3, -0.25) is 4.79 Å². The molecule has 1 radical (unpaired) electrons. The summed E-state index contributed by atoms with van der Waals surface area (Å²) in [4.78, 5) is 11.4. The first-order valence-corrected chi connectivity index (χ1v) is 2.33. The van der Waals surface area contributed by atoms with Crippen molar-refractivity contribution in [2.75, 3.05) is 13.1 Å². The molecule has 0 aromatic carbocycles. The molecule has 0 atom stereocenters. The molecule has 0 aliphatic carbocycles. The molecule has 0 unspecified atom stereocenters. The van der Waals surface area contributed by atoms with Gasteiger partial charge in [0.15, 0.2) is 0 Å². The van der Waals surface area contributed by atoms with Crippen LogP contribution in [-0.2, 0) is 4.79 Å². The number of carbonyl (C=O) groups excluding carboxylic acids is 1. The van der Waals surface area contributed by atoms with Crippen LogP contribution < -0.4 is 0 Å². The Labute approximate surface area is 44.1 Å². The van der Waals surface area contributed by atoms with E-state index < -0.39 is 0 Å². The molecule has 2 nitrogen and oxygen atoms in total. The topological polar surface area (TPSA) is 20.3 Å². The van der Waals surface area contributed by atoms with E-state index >= 15 is 0 Å². The zero-order chi connectivity index (χ0) is 5.70. The highest BCUT2D eigenvalue weighted by Crippen LogP contribution is 1.75. The van der Waals surface area contributed by atoms with Gasteiger partial charge in [0.1, 0.15) is 0 Å². The smallest absolute Gasteiger partial charge is 0.209 e. The minimum absolute atomic E-state index is 0.569. The van der Waals surface area contributed by atoms with Crippen molar-refractivity contribution in [3.8, 4) is 0 Å². The lowest BCUT2D eigenvalue weighted by atomic mass is 10.6. The van der Waals surface area contributed by atoms with Gasteiger partial charge in [-0.1, -0.05) is 0 Å². The second kappa shape index (κ2) is 3.65. The molecule has 0 rings (SSSR count). The van der Waals surface area contributed by atoms with Crippen LogP contribution in [0.3, 0.4) is 0 Å². The zero-order valence-corrected chi connectivity index (χ0v) is 4.55. The lowest BCUT2D eigenvalue weighted by Gasteiger charge is -2.08. The predicted octanol–water partition coefficient (Wildman–Crippen LogP) is 0.299.